The highest BCUT2D eigenvalue weighted by molar-refractivity contribution is 6.31. The van der Waals surface area contributed by atoms with Gasteiger partial charge in [0.25, 0.3) is 0 Å². The molecule has 1 atom stereocenters. The fraction of sp³-hybridized carbons (Fsp3) is 0.227. The van der Waals surface area contributed by atoms with Crippen LogP contribution in [0.15, 0.2) is 54.7 Å². The number of amides is 3. The minimum absolute atomic E-state index is 0.0238. The predicted molar refractivity (Wildman–Crippen MR) is 118 cm³/mol. The van der Waals surface area contributed by atoms with Gasteiger partial charge in [-0.25, -0.2) is 19.0 Å². The molecule has 31 heavy (non-hydrogen) atoms. The summed E-state index contributed by atoms with van der Waals surface area (Å²) in [6, 6.07) is 13.0. The van der Waals surface area contributed by atoms with Gasteiger partial charge in [-0.3, -0.25) is 5.32 Å². The van der Waals surface area contributed by atoms with Crippen molar-refractivity contribution in [3.8, 4) is 0 Å². The number of likely N-dealkylation sites (N-methyl/N-ethyl adjacent to an activating group) is 1. The number of fused-ring (bicyclic) bond motifs is 1. The Bertz CT molecular complexity index is 1100. The Morgan fingerprint density at radius 3 is 2.71 bits per heavy atom. The molecule has 0 saturated heterocycles. The molecular formula is C22H22ClFN4O3. The maximum Gasteiger partial charge on any atom is 0.412 e. The molecule has 1 heterocycles. The Kier molecular flexibility index (Phi) is 7.25. The largest absolute Gasteiger partial charge is 0.447 e. The van der Waals surface area contributed by atoms with E-state index >= 15 is 0 Å². The highest BCUT2D eigenvalue weighted by Gasteiger charge is 2.18. The second-order valence-corrected chi connectivity index (χ2v) is 7.35. The number of carbonyl (C=O) groups excluding carboxylic acids is 2. The van der Waals surface area contributed by atoms with Gasteiger partial charge in [0.15, 0.2) is 0 Å². The van der Waals surface area contributed by atoms with Crippen molar-refractivity contribution in [3.63, 3.8) is 0 Å². The van der Waals surface area contributed by atoms with Gasteiger partial charge in [-0.2, -0.15) is 0 Å². The van der Waals surface area contributed by atoms with Gasteiger partial charge in [0, 0.05) is 25.2 Å². The van der Waals surface area contributed by atoms with Gasteiger partial charge >= 0.3 is 12.1 Å². The fourth-order valence-electron chi connectivity index (χ4n) is 2.78. The zero-order chi connectivity index (χ0) is 22.4. The quantitative estimate of drug-likeness (QED) is 0.571. The van der Waals surface area contributed by atoms with E-state index in [1.165, 1.54) is 17.0 Å². The molecule has 1 unspecified atom stereocenters. The second kappa shape index (κ2) is 10.1. The normalized spacial score (nSPS) is 11.6. The highest BCUT2D eigenvalue weighted by atomic mass is 35.5. The number of benzene rings is 2. The Hall–Kier alpha value is -3.39. The molecule has 3 amide bonds. The van der Waals surface area contributed by atoms with Gasteiger partial charge in [-0.15, -0.1) is 0 Å². The van der Waals surface area contributed by atoms with Crippen molar-refractivity contribution in [2.24, 2.45) is 0 Å². The Morgan fingerprint density at radius 1 is 1.19 bits per heavy atom. The van der Waals surface area contributed by atoms with Crippen LogP contribution >= 0.6 is 11.6 Å². The van der Waals surface area contributed by atoms with E-state index in [1.54, 1.807) is 32.3 Å². The topological polar surface area (TPSA) is 83.6 Å². The van der Waals surface area contributed by atoms with Crippen molar-refractivity contribution in [2.45, 2.75) is 19.5 Å². The molecule has 0 fully saturated rings. The number of carbonyl (C=O) groups is 2. The molecule has 2 N–H and O–H groups in total. The van der Waals surface area contributed by atoms with Gasteiger partial charge in [-0.1, -0.05) is 48.0 Å². The first-order valence-corrected chi connectivity index (χ1v) is 9.95. The van der Waals surface area contributed by atoms with Crippen molar-refractivity contribution in [2.75, 3.05) is 19.0 Å². The maximum absolute atomic E-state index is 13.5. The molecular weight excluding hydrogens is 423 g/mol. The van der Waals surface area contributed by atoms with Crippen LogP contribution in [0.5, 0.6) is 0 Å². The summed E-state index contributed by atoms with van der Waals surface area (Å²) in [5, 5.41) is 7.11. The fourth-order valence-corrected chi connectivity index (χ4v) is 2.97. The van der Waals surface area contributed by atoms with E-state index in [2.05, 4.69) is 15.6 Å². The summed E-state index contributed by atoms with van der Waals surface area (Å²) in [6.45, 7) is 1.78. The summed E-state index contributed by atoms with van der Waals surface area (Å²) in [5.41, 5.74) is 0.467. The lowest BCUT2D eigenvalue weighted by atomic mass is 10.2. The molecule has 0 spiro atoms. The summed E-state index contributed by atoms with van der Waals surface area (Å²) in [4.78, 5) is 30.0. The summed E-state index contributed by atoms with van der Waals surface area (Å²) >= 11 is 5.89. The van der Waals surface area contributed by atoms with Crippen LogP contribution in [0.1, 0.15) is 12.5 Å². The average molecular weight is 445 g/mol. The first kappa shape index (κ1) is 22.3. The molecule has 0 saturated carbocycles. The lowest BCUT2D eigenvalue weighted by Gasteiger charge is -2.25. The first-order valence-electron chi connectivity index (χ1n) is 9.57. The molecule has 7 nitrogen and oxygen atoms in total. The summed E-state index contributed by atoms with van der Waals surface area (Å²) in [7, 11) is 1.57. The third kappa shape index (κ3) is 5.82. The molecule has 0 aliphatic heterocycles. The minimum atomic E-state index is -0.671. The van der Waals surface area contributed by atoms with Crippen LogP contribution in [0, 0.1) is 5.82 Å². The third-order valence-corrected chi connectivity index (χ3v) is 5.18. The standard InChI is InChI=1S/C22H22ClFN4O3/c1-14(28(2)21(29)26-12-17-8-5-9-18(24)20(17)23)13-31-22(30)27-19-10-15-6-3-4-7-16(15)11-25-19/h3-11,14H,12-13H2,1-2H3,(H,26,29)(H,25,27,30). The van der Waals surface area contributed by atoms with Gasteiger partial charge < -0.3 is 15.0 Å². The number of hydrogen-bond donors (Lipinski definition) is 2. The number of rotatable bonds is 6. The molecule has 0 aliphatic carbocycles. The molecule has 0 aliphatic rings. The predicted octanol–water partition coefficient (Wildman–Crippen LogP) is 4.81. The molecule has 162 valence electrons. The second-order valence-electron chi connectivity index (χ2n) is 6.97. The van der Waals surface area contributed by atoms with Crippen molar-refractivity contribution in [3.05, 3.63) is 71.1 Å². The van der Waals surface area contributed by atoms with Gasteiger partial charge in [-0.05, 0) is 30.0 Å². The van der Waals surface area contributed by atoms with Crippen LogP contribution in [0.3, 0.4) is 0 Å². The number of urea groups is 1. The summed E-state index contributed by atoms with van der Waals surface area (Å²) in [6.07, 6.45) is 0.992. The Labute approximate surface area is 184 Å². The van der Waals surface area contributed by atoms with Crippen LogP contribution in [0.4, 0.5) is 19.8 Å². The van der Waals surface area contributed by atoms with Gasteiger partial charge in [0.2, 0.25) is 0 Å². The number of nitrogens with zero attached hydrogens (tertiary/aromatic N) is 2. The molecule has 9 heteroatoms. The van der Waals surface area contributed by atoms with Crippen LogP contribution in [-0.4, -0.2) is 41.7 Å². The van der Waals surface area contributed by atoms with E-state index in [0.29, 0.717) is 11.4 Å². The van der Waals surface area contributed by atoms with E-state index in [1.807, 2.05) is 24.3 Å². The zero-order valence-electron chi connectivity index (χ0n) is 17.1. The van der Waals surface area contributed by atoms with Crippen LogP contribution in [-0.2, 0) is 11.3 Å². The number of ether oxygens (including phenoxy) is 1. The van der Waals surface area contributed by atoms with Crippen molar-refractivity contribution in [1.29, 1.82) is 0 Å². The summed E-state index contributed by atoms with van der Waals surface area (Å²) < 4.78 is 18.7. The van der Waals surface area contributed by atoms with Crippen molar-refractivity contribution in [1.82, 2.24) is 15.2 Å². The van der Waals surface area contributed by atoms with E-state index in [9.17, 15) is 14.0 Å². The number of halogens is 2. The Balaban J connectivity index is 1.47. The Morgan fingerprint density at radius 2 is 1.94 bits per heavy atom. The number of nitrogens with one attached hydrogen (secondary N) is 2. The van der Waals surface area contributed by atoms with Crippen molar-refractivity contribution < 1.29 is 18.7 Å². The number of anilines is 1. The average Bonchev–Trinajstić information content (AvgIpc) is 2.77. The molecule has 3 rings (SSSR count). The van der Waals surface area contributed by atoms with E-state index in [-0.39, 0.29) is 18.2 Å². The number of hydrogen-bond acceptors (Lipinski definition) is 4. The molecule has 3 aromatic rings. The molecule has 0 radical (unpaired) electrons. The van der Waals surface area contributed by atoms with Crippen LogP contribution < -0.4 is 10.6 Å². The zero-order valence-corrected chi connectivity index (χ0v) is 17.8. The SMILES string of the molecule is CC(COC(=O)Nc1cc2ccccc2cn1)N(C)C(=O)NCc1cccc(F)c1Cl. The van der Waals surface area contributed by atoms with E-state index < -0.39 is 24.0 Å². The summed E-state index contributed by atoms with van der Waals surface area (Å²) in [5.74, 6) is -0.176. The highest BCUT2D eigenvalue weighted by Crippen LogP contribution is 2.19. The van der Waals surface area contributed by atoms with Crippen molar-refractivity contribution >= 4 is 40.3 Å². The third-order valence-electron chi connectivity index (χ3n) is 4.76. The lowest BCUT2D eigenvalue weighted by Crippen LogP contribution is -2.44. The van der Waals surface area contributed by atoms with E-state index in [0.717, 1.165) is 10.8 Å². The maximum atomic E-state index is 13.5. The van der Waals surface area contributed by atoms with Gasteiger partial charge in [0.05, 0.1) is 11.1 Å². The number of pyridine rings is 1. The first-order chi connectivity index (χ1) is 14.8. The van der Waals surface area contributed by atoms with Crippen LogP contribution in [0.2, 0.25) is 5.02 Å². The lowest BCUT2D eigenvalue weighted by molar-refractivity contribution is 0.123. The molecule has 2 aromatic carbocycles. The minimum Gasteiger partial charge on any atom is -0.447 e. The van der Waals surface area contributed by atoms with Gasteiger partial charge in [0.1, 0.15) is 18.2 Å². The molecule has 0 bridgehead atoms. The van der Waals surface area contributed by atoms with Crippen LogP contribution in [0.25, 0.3) is 10.8 Å². The monoisotopic (exact) mass is 444 g/mol. The smallest absolute Gasteiger partial charge is 0.412 e. The molecule has 1 aromatic heterocycles. The number of aromatic nitrogens is 1. The van der Waals surface area contributed by atoms with E-state index in [4.69, 9.17) is 16.3 Å².